The molecule has 9 heteroatoms. The van der Waals surface area contributed by atoms with Crippen LogP contribution in [0, 0.1) is 0 Å². The molecule has 0 unspecified atom stereocenters. The third-order valence-electron chi connectivity index (χ3n) is 4.04. The van der Waals surface area contributed by atoms with Crippen molar-refractivity contribution >= 4 is 21.9 Å². The summed E-state index contributed by atoms with van der Waals surface area (Å²) in [5.74, 6) is 0.198. The fraction of sp³-hybridized carbons (Fsp3) is 0.350. The zero-order valence-electron chi connectivity index (χ0n) is 17.1. The number of quaternary nitrogens is 1. The molecule has 0 amide bonds. The fourth-order valence-corrected chi connectivity index (χ4v) is 3.93. The van der Waals surface area contributed by atoms with Crippen LogP contribution < -0.4 is 13.8 Å². The molecule has 0 saturated heterocycles. The topological polar surface area (TPSA) is 95.9 Å². The summed E-state index contributed by atoms with van der Waals surface area (Å²) < 4.78 is 35.3. The predicted molar refractivity (Wildman–Crippen MR) is 112 cm³/mol. The highest BCUT2D eigenvalue weighted by Gasteiger charge is 2.28. The highest BCUT2D eigenvalue weighted by Crippen LogP contribution is 2.24. The van der Waals surface area contributed by atoms with Crippen molar-refractivity contribution < 1.29 is 27.5 Å². The van der Waals surface area contributed by atoms with Crippen molar-refractivity contribution in [3.05, 3.63) is 54.6 Å². The number of hydrogen-bond donors (Lipinski definition) is 2. The average Bonchev–Trinajstić information content (AvgIpc) is 2.60. The Morgan fingerprint density at radius 3 is 2.14 bits per heavy atom. The molecule has 2 N–H and O–H groups in total. The molecule has 0 saturated carbocycles. The van der Waals surface area contributed by atoms with Crippen molar-refractivity contribution in [2.75, 3.05) is 39.0 Å². The number of hydrogen-bond acceptors (Lipinski definition) is 4. The normalized spacial score (nSPS) is 13.0. The predicted octanol–water partition coefficient (Wildman–Crippen LogP) is 2.30. The molecule has 0 heterocycles. The Bertz CT molecular complexity index is 909. The van der Waals surface area contributed by atoms with Crippen molar-refractivity contribution in [2.45, 2.75) is 12.5 Å². The van der Waals surface area contributed by atoms with Gasteiger partial charge in [-0.3, -0.25) is 9.10 Å². The SMILES string of the molecule is CN(c1ccc(Oc2ccccc2)cc1)S(=O)(=O)N[C@H](CC(=O)O)C[N+](C)(C)C. The number of carbonyl (C=O) groups is 1. The van der Waals surface area contributed by atoms with Crippen molar-refractivity contribution in [3.63, 3.8) is 0 Å². The molecule has 29 heavy (non-hydrogen) atoms. The average molecular weight is 423 g/mol. The molecule has 0 aliphatic heterocycles. The van der Waals surface area contributed by atoms with E-state index in [-0.39, 0.29) is 6.42 Å². The second-order valence-corrected chi connectivity index (χ2v) is 9.50. The summed E-state index contributed by atoms with van der Waals surface area (Å²) in [6, 6.07) is 15.1. The number of aliphatic carboxylic acids is 1. The van der Waals surface area contributed by atoms with E-state index in [4.69, 9.17) is 9.84 Å². The van der Waals surface area contributed by atoms with Gasteiger partial charge in [0, 0.05) is 7.05 Å². The molecular formula is C20H28N3O5S+. The van der Waals surface area contributed by atoms with E-state index in [0.717, 1.165) is 4.31 Å². The van der Waals surface area contributed by atoms with E-state index in [9.17, 15) is 13.2 Å². The summed E-state index contributed by atoms with van der Waals surface area (Å²) in [5.41, 5.74) is 0.428. The lowest BCUT2D eigenvalue weighted by molar-refractivity contribution is -0.871. The number of benzene rings is 2. The van der Waals surface area contributed by atoms with Gasteiger partial charge in [0.05, 0.1) is 45.8 Å². The van der Waals surface area contributed by atoms with Crippen LogP contribution in [0.5, 0.6) is 11.5 Å². The first-order valence-corrected chi connectivity index (χ1v) is 10.5. The highest BCUT2D eigenvalue weighted by atomic mass is 32.2. The van der Waals surface area contributed by atoms with Crippen molar-refractivity contribution in [2.24, 2.45) is 0 Å². The van der Waals surface area contributed by atoms with Crippen molar-refractivity contribution in [1.29, 1.82) is 0 Å². The lowest BCUT2D eigenvalue weighted by Crippen LogP contribution is -2.52. The Labute approximate surface area is 172 Å². The molecule has 2 rings (SSSR count). The molecule has 1 atom stereocenters. The number of para-hydroxylation sites is 1. The summed E-state index contributed by atoms with van der Waals surface area (Å²) in [6.45, 7) is 0.337. The van der Waals surface area contributed by atoms with Crippen molar-refractivity contribution in [1.82, 2.24) is 4.72 Å². The van der Waals surface area contributed by atoms with Crippen LogP contribution in [0.4, 0.5) is 5.69 Å². The molecule has 0 aromatic heterocycles. The molecule has 0 aliphatic rings. The maximum Gasteiger partial charge on any atom is 0.305 e. The lowest BCUT2D eigenvalue weighted by Gasteiger charge is -2.30. The van der Waals surface area contributed by atoms with Gasteiger partial charge in [-0.05, 0) is 36.4 Å². The lowest BCUT2D eigenvalue weighted by atomic mass is 10.2. The summed E-state index contributed by atoms with van der Waals surface area (Å²) in [4.78, 5) is 11.1. The van der Waals surface area contributed by atoms with Gasteiger partial charge in [-0.15, -0.1) is 0 Å². The van der Waals surface area contributed by atoms with E-state index in [1.807, 2.05) is 51.5 Å². The van der Waals surface area contributed by atoms with Crippen LogP contribution >= 0.6 is 0 Å². The Balaban J connectivity index is 2.11. The van der Waals surface area contributed by atoms with Crippen LogP contribution in [-0.4, -0.2) is 64.8 Å². The van der Waals surface area contributed by atoms with Gasteiger partial charge in [-0.2, -0.15) is 13.1 Å². The van der Waals surface area contributed by atoms with E-state index in [1.165, 1.54) is 7.05 Å². The van der Waals surface area contributed by atoms with Crippen molar-refractivity contribution in [3.8, 4) is 11.5 Å². The van der Waals surface area contributed by atoms with E-state index in [0.29, 0.717) is 28.2 Å². The van der Waals surface area contributed by atoms with Gasteiger partial charge in [-0.25, -0.2) is 0 Å². The largest absolute Gasteiger partial charge is 0.481 e. The van der Waals surface area contributed by atoms with Crippen LogP contribution in [0.3, 0.4) is 0 Å². The molecule has 8 nitrogen and oxygen atoms in total. The second-order valence-electron chi connectivity index (χ2n) is 7.77. The minimum absolute atomic E-state index is 0.299. The van der Waals surface area contributed by atoms with Gasteiger partial charge in [0.15, 0.2) is 0 Å². The number of anilines is 1. The van der Waals surface area contributed by atoms with Gasteiger partial charge in [-0.1, -0.05) is 18.2 Å². The molecule has 2 aromatic rings. The maximum atomic E-state index is 12.8. The number of ether oxygens (including phenoxy) is 1. The number of likely N-dealkylation sites (N-methyl/N-ethyl adjacent to an activating group) is 1. The highest BCUT2D eigenvalue weighted by molar-refractivity contribution is 7.90. The third-order valence-corrected chi connectivity index (χ3v) is 5.61. The van der Waals surface area contributed by atoms with Crippen LogP contribution in [0.25, 0.3) is 0 Å². The van der Waals surface area contributed by atoms with Gasteiger partial charge in [0.2, 0.25) is 0 Å². The van der Waals surface area contributed by atoms with Crippen LogP contribution in [-0.2, 0) is 15.0 Å². The van der Waals surface area contributed by atoms with Crippen LogP contribution in [0.2, 0.25) is 0 Å². The molecule has 0 spiro atoms. The minimum Gasteiger partial charge on any atom is -0.481 e. The number of nitrogens with one attached hydrogen (secondary N) is 1. The van der Waals surface area contributed by atoms with E-state index >= 15 is 0 Å². The van der Waals surface area contributed by atoms with E-state index in [2.05, 4.69) is 4.72 Å². The molecular weight excluding hydrogens is 394 g/mol. The summed E-state index contributed by atoms with van der Waals surface area (Å²) in [6.07, 6.45) is -0.299. The zero-order chi connectivity index (χ0) is 21.7. The van der Waals surface area contributed by atoms with Gasteiger partial charge in [0.1, 0.15) is 11.5 Å². The summed E-state index contributed by atoms with van der Waals surface area (Å²) in [5, 5.41) is 9.12. The first kappa shape index (κ1) is 22.7. The molecule has 0 aliphatic carbocycles. The molecule has 0 fully saturated rings. The number of nitrogens with zero attached hydrogens (tertiary/aromatic N) is 2. The number of carboxylic acids is 1. The molecule has 158 valence electrons. The first-order valence-electron chi connectivity index (χ1n) is 9.08. The molecule has 0 radical (unpaired) electrons. The Morgan fingerprint density at radius 2 is 1.62 bits per heavy atom. The van der Waals surface area contributed by atoms with E-state index in [1.54, 1.807) is 24.3 Å². The first-order chi connectivity index (χ1) is 13.5. The van der Waals surface area contributed by atoms with Crippen LogP contribution in [0.1, 0.15) is 6.42 Å². The maximum absolute atomic E-state index is 12.8. The zero-order valence-corrected chi connectivity index (χ0v) is 17.9. The van der Waals surface area contributed by atoms with E-state index < -0.39 is 22.2 Å². The number of rotatable bonds is 10. The van der Waals surface area contributed by atoms with Gasteiger partial charge < -0.3 is 14.3 Å². The quantitative estimate of drug-likeness (QED) is 0.573. The Morgan fingerprint density at radius 1 is 1.07 bits per heavy atom. The van der Waals surface area contributed by atoms with Crippen LogP contribution in [0.15, 0.2) is 54.6 Å². The second kappa shape index (κ2) is 9.25. The molecule has 0 bridgehead atoms. The third kappa shape index (κ3) is 7.37. The number of carboxylic acid groups (broad SMARTS) is 1. The smallest absolute Gasteiger partial charge is 0.305 e. The minimum atomic E-state index is -3.93. The summed E-state index contributed by atoms with van der Waals surface area (Å²) >= 11 is 0. The Hall–Kier alpha value is -2.62. The Kier molecular flexibility index (Phi) is 7.23. The molecule has 2 aromatic carbocycles. The monoisotopic (exact) mass is 422 g/mol. The van der Waals surface area contributed by atoms with Gasteiger partial charge in [0.25, 0.3) is 0 Å². The van der Waals surface area contributed by atoms with Gasteiger partial charge >= 0.3 is 16.2 Å². The summed E-state index contributed by atoms with van der Waals surface area (Å²) in [7, 11) is 3.10. The standard InChI is InChI=1S/C20H27N3O5S/c1-22(29(26,27)21-16(14-20(24)25)15-23(2,3)4)17-10-12-19(13-11-17)28-18-8-6-5-7-9-18/h5-13,16,21H,14-15H2,1-4H3/p+1/t16-/m1/s1. The fourth-order valence-electron chi connectivity index (χ4n) is 2.79.